The molecule has 4 heterocycles. The van der Waals surface area contributed by atoms with Crippen LogP contribution in [0.3, 0.4) is 0 Å². The van der Waals surface area contributed by atoms with Crippen molar-refractivity contribution in [1.29, 1.82) is 0 Å². The van der Waals surface area contributed by atoms with Crippen LogP contribution in [-0.4, -0.2) is 66.8 Å². The van der Waals surface area contributed by atoms with Crippen LogP contribution in [0.15, 0.2) is 48.2 Å². The molecule has 1 fully saturated rings. The van der Waals surface area contributed by atoms with Gasteiger partial charge in [-0.2, -0.15) is 28.2 Å². The second kappa shape index (κ2) is 8.60. The first-order valence-corrected chi connectivity index (χ1v) is 10.2. The smallest absolute Gasteiger partial charge is 0.351 e. The van der Waals surface area contributed by atoms with Crippen molar-refractivity contribution in [2.45, 2.75) is 38.1 Å². The molecule has 0 saturated carbocycles. The zero-order valence-electron chi connectivity index (χ0n) is 17.6. The molecule has 1 unspecified atom stereocenters. The van der Waals surface area contributed by atoms with Crippen LogP contribution in [0.2, 0.25) is 0 Å². The van der Waals surface area contributed by atoms with Crippen molar-refractivity contribution in [2.24, 2.45) is 0 Å². The van der Waals surface area contributed by atoms with Crippen LogP contribution in [0, 0.1) is 0 Å². The van der Waals surface area contributed by atoms with E-state index in [1.165, 1.54) is 4.80 Å². The quantitative estimate of drug-likeness (QED) is 0.768. The van der Waals surface area contributed by atoms with E-state index in [4.69, 9.17) is 0 Å². The highest BCUT2D eigenvalue weighted by Gasteiger charge is 2.35. The average molecular weight is 448 g/mol. The van der Waals surface area contributed by atoms with E-state index in [2.05, 4.69) is 25.5 Å². The average Bonchev–Trinajstić information content (AvgIpc) is 3.29. The fraction of sp³-hybridized carbons (Fsp3) is 0.450. The van der Waals surface area contributed by atoms with Crippen LogP contribution in [0.25, 0.3) is 0 Å². The van der Waals surface area contributed by atoms with Crippen molar-refractivity contribution < 1.29 is 18.0 Å². The molecule has 2 aromatic heterocycles. The lowest BCUT2D eigenvalue weighted by atomic mass is 10.0. The Morgan fingerprint density at radius 3 is 2.50 bits per heavy atom. The van der Waals surface area contributed by atoms with Crippen molar-refractivity contribution in [3.05, 3.63) is 53.8 Å². The predicted octanol–water partition coefficient (Wildman–Crippen LogP) is 2.46. The number of carbonyl (C=O) groups is 1. The van der Waals surface area contributed by atoms with Gasteiger partial charge in [0.2, 0.25) is 5.95 Å². The maximum Gasteiger partial charge on any atom is 0.419 e. The van der Waals surface area contributed by atoms with Gasteiger partial charge in [-0.05, 0) is 31.9 Å². The van der Waals surface area contributed by atoms with E-state index in [-0.39, 0.29) is 17.9 Å². The van der Waals surface area contributed by atoms with E-state index in [1.54, 1.807) is 23.4 Å². The summed E-state index contributed by atoms with van der Waals surface area (Å²) in [7, 11) is 1.88. The number of piperidine rings is 1. The van der Waals surface area contributed by atoms with E-state index < -0.39 is 17.9 Å². The van der Waals surface area contributed by atoms with Crippen molar-refractivity contribution >= 4 is 11.9 Å². The van der Waals surface area contributed by atoms with Gasteiger partial charge in [-0.1, -0.05) is 0 Å². The number of likely N-dealkylation sites (tertiary alicyclic amines) is 1. The number of anilines is 1. The first-order chi connectivity index (χ1) is 15.2. The van der Waals surface area contributed by atoms with E-state index in [0.29, 0.717) is 18.7 Å². The van der Waals surface area contributed by atoms with E-state index in [9.17, 15) is 18.0 Å². The first kappa shape index (κ1) is 21.8. The minimum atomic E-state index is -4.49. The van der Waals surface area contributed by atoms with Gasteiger partial charge >= 0.3 is 6.18 Å². The van der Waals surface area contributed by atoms with Gasteiger partial charge in [0.15, 0.2) is 6.17 Å². The predicted molar refractivity (Wildman–Crippen MR) is 109 cm³/mol. The molecule has 9 nitrogen and oxygen atoms in total. The molecule has 2 aliphatic rings. The van der Waals surface area contributed by atoms with E-state index >= 15 is 0 Å². The number of amides is 1. The monoisotopic (exact) mass is 448 g/mol. The summed E-state index contributed by atoms with van der Waals surface area (Å²) in [4.78, 5) is 26.1. The molecule has 0 spiro atoms. The number of carbonyl (C=O) groups excluding carboxylic acids is 1. The second-order valence-corrected chi connectivity index (χ2v) is 7.79. The van der Waals surface area contributed by atoms with Gasteiger partial charge in [0.25, 0.3) is 5.91 Å². The second-order valence-electron chi connectivity index (χ2n) is 7.79. The van der Waals surface area contributed by atoms with Crippen LogP contribution in [-0.2, 0) is 11.0 Å². The van der Waals surface area contributed by atoms with Crippen molar-refractivity contribution in [3.63, 3.8) is 0 Å². The Morgan fingerprint density at radius 2 is 1.84 bits per heavy atom. The summed E-state index contributed by atoms with van der Waals surface area (Å²) < 4.78 is 38.1. The third-order valence-corrected chi connectivity index (χ3v) is 5.63. The molecule has 2 aliphatic heterocycles. The molecule has 0 radical (unpaired) electrons. The summed E-state index contributed by atoms with van der Waals surface area (Å²) in [5.74, 6) is -0.0335. The Balaban J connectivity index is 1.47. The largest absolute Gasteiger partial charge is 0.419 e. The van der Waals surface area contributed by atoms with Crippen LogP contribution < -0.4 is 5.32 Å². The molecule has 0 aromatic carbocycles. The number of aromatic nitrogens is 5. The molecular formula is C20H23F3N8O. The van der Waals surface area contributed by atoms with Crippen molar-refractivity contribution in [3.8, 4) is 0 Å². The maximum absolute atomic E-state index is 13.4. The third-order valence-electron chi connectivity index (χ3n) is 5.63. The molecule has 170 valence electrons. The Hall–Kier alpha value is -3.44. The van der Waals surface area contributed by atoms with Crippen LogP contribution >= 0.6 is 0 Å². The number of hydrogen-bond acceptors (Lipinski definition) is 7. The highest BCUT2D eigenvalue weighted by Crippen LogP contribution is 2.30. The van der Waals surface area contributed by atoms with E-state index in [0.717, 1.165) is 30.9 Å². The molecule has 1 saturated heterocycles. The molecule has 0 bridgehead atoms. The van der Waals surface area contributed by atoms with Crippen LogP contribution in [0.1, 0.15) is 31.5 Å². The zero-order valence-corrected chi connectivity index (χ0v) is 17.6. The van der Waals surface area contributed by atoms with Gasteiger partial charge in [-0.25, -0.2) is 9.97 Å². The number of allylic oxidation sites excluding steroid dienone is 3. The number of alkyl halides is 3. The first-order valence-electron chi connectivity index (χ1n) is 10.2. The maximum atomic E-state index is 13.4. The Kier molecular flexibility index (Phi) is 5.85. The molecule has 1 amide bonds. The van der Waals surface area contributed by atoms with Crippen LogP contribution in [0.4, 0.5) is 19.1 Å². The Bertz CT molecular complexity index is 1020. The Labute approximate surface area is 182 Å². The SMILES string of the molecule is CC1=CC=C(C(=O)N2CCC[C@@H](Nc3ncc(C(F)(F)F)cn3)C2)C(n2nccn2)N1C. The van der Waals surface area contributed by atoms with Crippen LogP contribution in [0.5, 0.6) is 0 Å². The lowest BCUT2D eigenvalue weighted by Gasteiger charge is -2.38. The fourth-order valence-electron chi connectivity index (χ4n) is 3.82. The number of rotatable bonds is 4. The molecule has 2 aromatic rings. The molecule has 1 N–H and O–H groups in total. The molecule has 32 heavy (non-hydrogen) atoms. The molecule has 0 aliphatic carbocycles. The van der Waals surface area contributed by atoms with Gasteiger partial charge in [-0.15, -0.1) is 0 Å². The molecule has 2 atom stereocenters. The number of nitrogens with one attached hydrogen (secondary N) is 1. The molecule has 12 heteroatoms. The van der Waals surface area contributed by atoms with Gasteiger partial charge in [0.1, 0.15) is 0 Å². The van der Waals surface area contributed by atoms with Gasteiger partial charge in [0.05, 0.1) is 23.5 Å². The lowest BCUT2D eigenvalue weighted by Crippen LogP contribution is -2.48. The number of likely N-dealkylation sites (N-methyl/N-ethyl adjacent to an activating group) is 1. The normalized spacial score (nSPS) is 21.8. The number of hydrogen-bond donors (Lipinski definition) is 1. The lowest BCUT2D eigenvalue weighted by molar-refractivity contribution is -0.138. The fourth-order valence-corrected chi connectivity index (χ4v) is 3.82. The van der Waals surface area contributed by atoms with Gasteiger partial charge < -0.3 is 15.1 Å². The highest BCUT2D eigenvalue weighted by molar-refractivity contribution is 5.95. The minimum absolute atomic E-state index is 0.103. The van der Waals surface area contributed by atoms with Crippen molar-refractivity contribution in [1.82, 2.24) is 34.8 Å². The summed E-state index contributed by atoms with van der Waals surface area (Å²) >= 11 is 0. The summed E-state index contributed by atoms with van der Waals surface area (Å²) in [5.41, 5.74) is 0.612. The third kappa shape index (κ3) is 4.43. The zero-order chi connectivity index (χ0) is 22.9. The van der Waals surface area contributed by atoms with Crippen molar-refractivity contribution in [2.75, 3.05) is 25.5 Å². The van der Waals surface area contributed by atoms with Gasteiger partial charge in [0, 0.05) is 44.3 Å². The molecule has 4 rings (SSSR count). The number of nitrogens with zero attached hydrogens (tertiary/aromatic N) is 7. The highest BCUT2D eigenvalue weighted by atomic mass is 19.4. The standard InChI is InChI=1S/C20H23F3N8O/c1-13-5-6-16(17(29(13)2)31-26-7-8-27-31)18(32)30-9-3-4-15(12-30)28-19-24-10-14(11-25-19)20(21,22)23/h5-8,10-11,15,17H,3-4,9,12H2,1-2H3,(H,24,25,28)/t15-,17?/m1/s1. The summed E-state index contributed by atoms with van der Waals surface area (Å²) in [6, 6.07) is -0.176. The molecular weight excluding hydrogens is 425 g/mol. The Morgan fingerprint density at radius 1 is 1.16 bits per heavy atom. The minimum Gasteiger partial charge on any atom is -0.351 e. The van der Waals surface area contributed by atoms with E-state index in [1.807, 2.05) is 24.9 Å². The number of halogens is 3. The summed E-state index contributed by atoms with van der Waals surface area (Å²) in [6.07, 6.45) is 4.84. The topological polar surface area (TPSA) is 92.1 Å². The van der Waals surface area contributed by atoms with Gasteiger partial charge in [-0.3, -0.25) is 4.79 Å². The summed E-state index contributed by atoms with van der Waals surface area (Å²) in [6.45, 7) is 2.90. The summed E-state index contributed by atoms with van der Waals surface area (Å²) in [5, 5.41) is 11.5.